The summed E-state index contributed by atoms with van der Waals surface area (Å²) in [5.41, 5.74) is 1.07. The molecule has 1 aromatic rings. The third-order valence-electron chi connectivity index (χ3n) is 4.80. The lowest BCUT2D eigenvalue weighted by molar-refractivity contribution is 0.102. The van der Waals surface area contributed by atoms with E-state index in [0.29, 0.717) is 6.54 Å². The van der Waals surface area contributed by atoms with E-state index < -0.39 is 0 Å². The van der Waals surface area contributed by atoms with Gasteiger partial charge >= 0.3 is 6.03 Å². The van der Waals surface area contributed by atoms with Crippen LogP contribution in [0, 0.1) is 11.8 Å². The van der Waals surface area contributed by atoms with Crippen LogP contribution in [0.1, 0.15) is 37.8 Å². The molecule has 1 aliphatic carbocycles. The summed E-state index contributed by atoms with van der Waals surface area (Å²) in [6, 6.07) is 0.105. The van der Waals surface area contributed by atoms with E-state index in [9.17, 15) is 4.79 Å². The Kier molecular flexibility index (Phi) is 4.23. The van der Waals surface area contributed by atoms with Crippen molar-refractivity contribution in [3.63, 3.8) is 0 Å². The molecule has 1 saturated carbocycles. The number of imidazole rings is 1. The number of likely N-dealkylation sites (tertiary alicyclic amines) is 1. The fourth-order valence-corrected chi connectivity index (χ4v) is 3.62. The van der Waals surface area contributed by atoms with E-state index in [1.54, 1.807) is 12.5 Å². The van der Waals surface area contributed by atoms with Crippen molar-refractivity contribution in [2.24, 2.45) is 11.8 Å². The summed E-state index contributed by atoms with van der Waals surface area (Å²) in [4.78, 5) is 21.2. The zero-order valence-corrected chi connectivity index (χ0v) is 12.0. The smallest absolute Gasteiger partial charge is 0.317 e. The lowest BCUT2D eigenvalue weighted by Gasteiger charge is -2.41. The molecule has 2 N–H and O–H groups in total. The van der Waals surface area contributed by atoms with E-state index >= 15 is 0 Å². The molecule has 3 rings (SSSR count). The summed E-state index contributed by atoms with van der Waals surface area (Å²) in [5.74, 6) is 1.62. The number of carbonyl (C=O) groups excluding carboxylic acids is 1. The number of hydrogen-bond acceptors (Lipinski definition) is 2. The van der Waals surface area contributed by atoms with Crippen LogP contribution in [-0.2, 0) is 6.42 Å². The normalized spacial score (nSPS) is 26.1. The number of piperidine rings is 1. The minimum absolute atomic E-state index is 0.105. The van der Waals surface area contributed by atoms with Gasteiger partial charge in [-0.25, -0.2) is 9.78 Å². The van der Waals surface area contributed by atoms with Gasteiger partial charge in [0.25, 0.3) is 0 Å². The monoisotopic (exact) mass is 276 g/mol. The molecular weight excluding hydrogens is 252 g/mol. The molecule has 2 fully saturated rings. The molecule has 1 saturated heterocycles. The molecule has 2 unspecified atom stereocenters. The molecule has 20 heavy (non-hydrogen) atoms. The molecule has 0 radical (unpaired) electrons. The van der Waals surface area contributed by atoms with Crippen LogP contribution in [0.15, 0.2) is 12.5 Å². The number of urea groups is 1. The Morgan fingerprint density at radius 1 is 1.35 bits per heavy atom. The summed E-state index contributed by atoms with van der Waals surface area (Å²) in [6.07, 6.45) is 10.9. The Balaban J connectivity index is 1.43. The van der Waals surface area contributed by atoms with Gasteiger partial charge in [0.1, 0.15) is 0 Å². The second kappa shape index (κ2) is 6.29. The molecule has 0 bridgehead atoms. The van der Waals surface area contributed by atoms with Gasteiger partial charge in [-0.1, -0.05) is 19.3 Å². The second-order valence-corrected chi connectivity index (χ2v) is 6.10. The quantitative estimate of drug-likeness (QED) is 0.889. The van der Waals surface area contributed by atoms with Crippen molar-refractivity contribution >= 4 is 6.03 Å². The highest BCUT2D eigenvalue weighted by atomic mass is 16.2. The molecule has 1 aromatic heterocycles. The molecule has 0 spiro atoms. The van der Waals surface area contributed by atoms with Crippen LogP contribution in [0.5, 0.6) is 0 Å². The number of H-pyrrole nitrogens is 1. The molecule has 2 aliphatic rings. The Morgan fingerprint density at radius 2 is 2.20 bits per heavy atom. The van der Waals surface area contributed by atoms with Crippen LogP contribution in [0.4, 0.5) is 4.79 Å². The third kappa shape index (κ3) is 3.14. The SMILES string of the molecule is O=C(NCCc1cnc[nH]1)N1CCC2CCCCC2C1. The number of aromatic amines is 1. The highest BCUT2D eigenvalue weighted by Gasteiger charge is 2.32. The summed E-state index contributed by atoms with van der Waals surface area (Å²) in [5, 5.41) is 3.03. The molecule has 5 heteroatoms. The van der Waals surface area contributed by atoms with E-state index in [4.69, 9.17) is 0 Å². The van der Waals surface area contributed by atoms with E-state index in [1.807, 2.05) is 4.90 Å². The predicted octanol–water partition coefficient (Wildman–Crippen LogP) is 2.17. The van der Waals surface area contributed by atoms with E-state index in [1.165, 1.54) is 32.1 Å². The lowest BCUT2D eigenvalue weighted by Crippen LogP contribution is -2.49. The highest BCUT2D eigenvalue weighted by Crippen LogP contribution is 2.35. The average Bonchev–Trinajstić information content (AvgIpc) is 3.00. The van der Waals surface area contributed by atoms with E-state index in [0.717, 1.165) is 37.0 Å². The number of carbonyl (C=O) groups is 1. The fourth-order valence-electron chi connectivity index (χ4n) is 3.62. The van der Waals surface area contributed by atoms with E-state index in [2.05, 4.69) is 15.3 Å². The highest BCUT2D eigenvalue weighted by molar-refractivity contribution is 5.74. The zero-order chi connectivity index (χ0) is 13.8. The van der Waals surface area contributed by atoms with Gasteiger partial charge < -0.3 is 15.2 Å². The largest absolute Gasteiger partial charge is 0.348 e. The van der Waals surface area contributed by atoms with Crippen LogP contribution in [0.2, 0.25) is 0 Å². The predicted molar refractivity (Wildman–Crippen MR) is 77.3 cm³/mol. The molecule has 2 atom stereocenters. The van der Waals surface area contributed by atoms with Gasteiger partial charge in [0.2, 0.25) is 0 Å². The molecule has 1 aliphatic heterocycles. The van der Waals surface area contributed by atoms with Crippen LogP contribution < -0.4 is 5.32 Å². The van der Waals surface area contributed by atoms with Crippen molar-refractivity contribution in [1.82, 2.24) is 20.2 Å². The number of aromatic nitrogens is 2. The summed E-state index contributed by atoms with van der Waals surface area (Å²) >= 11 is 0. The Bertz CT molecular complexity index is 431. The number of fused-ring (bicyclic) bond motifs is 1. The Labute approximate surface area is 120 Å². The maximum absolute atomic E-state index is 12.2. The summed E-state index contributed by atoms with van der Waals surface area (Å²) in [6.45, 7) is 2.56. The van der Waals surface area contributed by atoms with Crippen molar-refractivity contribution in [2.45, 2.75) is 38.5 Å². The van der Waals surface area contributed by atoms with Gasteiger partial charge in [-0.15, -0.1) is 0 Å². The lowest BCUT2D eigenvalue weighted by atomic mass is 9.75. The van der Waals surface area contributed by atoms with Crippen LogP contribution in [-0.4, -0.2) is 40.5 Å². The first-order chi connectivity index (χ1) is 9.83. The van der Waals surface area contributed by atoms with Crippen LogP contribution >= 0.6 is 0 Å². The minimum atomic E-state index is 0.105. The average molecular weight is 276 g/mol. The fraction of sp³-hybridized carbons (Fsp3) is 0.733. The zero-order valence-electron chi connectivity index (χ0n) is 12.0. The number of nitrogens with one attached hydrogen (secondary N) is 2. The van der Waals surface area contributed by atoms with Gasteiger partial charge in [-0.2, -0.15) is 0 Å². The molecule has 110 valence electrons. The first kappa shape index (κ1) is 13.5. The van der Waals surface area contributed by atoms with Crippen molar-refractivity contribution in [3.8, 4) is 0 Å². The molecule has 0 aromatic carbocycles. The van der Waals surface area contributed by atoms with Gasteiger partial charge in [0.15, 0.2) is 0 Å². The third-order valence-corrected chi connectivity index (χ3v) is 4.80. The van der Waals surface area contributed by atoms with Crippen LogP contribution in [0.3, 0.4) is 0 Å². The van der Waals surface area contributed by atoms with Gasteiger partial charge in [-0.05, 0) is 24.7 Å². The molecule has 5 nitrogen and oxygen atoms in total. The maximum Gasteiger partial charge on any atom is 0.317 e. The van der Waals surface area contributed by atoms with Crippen LogP contribution in [0.25, 0.3) is 0 Å². The first-order valence-corrected chi connectivity index (χ1v) is 7.83. The van der Waals surface area contributed by atoms with Gasteiger partial charge in [0, 0.05) is 37.9 Å². The van der Waals surface area contributed by atoms with Gasteiger partial charge in [-0.3, -0.25) is 0 Å². The maximum atomic E-state index is 12.2. The van der Waals surface area contributed by atoms with Crippen molar-refractivity contribution < 1.29 is 4.79 Å². The molecule has 2 amide bonds. The summed E-state index contributed by atoms with van der Waals surface area (Å²) in [7, 11) is 0. The molecule has 2 heterocycles. The molecular formula is C15H24N4O. The topological polar surface area (TPSA) is 61.0 Å². The van der Waals surface area contributed by atoms with Gasteiger partial charge in [0.05, 0.1) is 6.33 Å². The standard InChI is InChI=1S/C15H24N4O/c20-15(17-7-5-14-9-16-11-18-14)19-8-6-12-3-1-2-4-13(12)10-19/h9,11-13H,1-8,10H2,(H,16,18)(H,17,20). The van der Waals surface area contributed by atoms with Crippen molar-refractivity contribution in [3.05, 3.63) is 18.2 Å². The Hall–Kier alpha value is -1.52. The number of hydrogen-bond donors (Lipinski definition) is 2. The van der Waals surface area contributed by atoms with Crippen molar-refractivity contribution in [2.75, 3.05) is 19.6 Å². The minimum Gasteiger partial charge on any atom is -0.348 e. The second-order valence-electron chi connectivity index (χ2n) is 6.10. The van der Waals surface area contributed by atoms with Crippen molar-refractivity contribution in [1.29, 1.82) is 0 Å². The number of amides is 2. The number of nitrogens with zero attached hydrogens (tertiary/aromatic N) is 2. The first-order valence-electron chi connectivity index (χ1n) is 7.83. The summed E-state index contributed by atoms with van der Waals surface area (Å²) < 4.78 is 0. The number of rotatable bonds is 3. The Morgan fingerprint density at radius 3 is 3.00 bits per heavy atom. The van der Waals surface area contributed by atoms with E-state index in [-0.39, 0.29) is 6.03 Å².